The van der Waals surface area contributed by atoms with Gasteiger partial charge in [-0.2, -0.15) is 0 Å². The molecule has 1 amide bonds. The van der Waals surface area contributed by atoms with Crippen LogP contribution >= 0.6 is 0 Å². The number of benzene rings is 2. The number of aromatic nitrogens is 2. The van der Waals surface area contributed by atoms with Crippen molar-refractivity contribution in [1.29, 1.82) is 0 Å². The van der Waals surface area contributed by atoms with Crippen molar-refractivity contribution in [2.45, 2.75) is 19.4 Å². The summed E-state index contributed by atoms with van der Waals surface area (Å²) in [5.41, 5.74) is 3.04. The number of ether oxygens (including phenoxy) is 1. The third-order valence-corrected chi connectivity index (χ3v) is 6.22. The lowest BCUT2D eigenvalue weighted by Crippen LogP contribution is -2.49. The van der Waals surface area contributed by atoms with Crippen molar-refractivity contribution in [3.05, 3.63) is 89.5 Å². The van der Waals surface area contributed by atoms with Gasteiger partial charge < -0.3 is 14.2 Å². The Balaban J connectivity index is 1.27. The van der Waals surface area contributed by atoms with Crippen LogP contribution in [0.5, 0.6) is 0 Å². The lowest BCUT2D eigenvalue weighted by atomic mass is 9.99. The van der Waals surface area contributed by atoms with Crippen molar-refractivity contribution < 1.29 is 19.1 Å². The van der Waals surface area contributed by atoms with E-state index < -0.39 is 0 Å². The molecule has 35 heavy (non-hydrogen) atoms. The molecule has 0 bridgehead atoms. The average molecular weight is 475 g/mol. The summed E-state index contributed by atoms with van der Waals surface area (Å²) in [5, 5.41) is 0. The monoisotopic (exact) mass is 474 g/mol. The Bertz CT molecular complexity index is 1170. The van der Waals surface area contributed by atoms with E-state index in [9.17, 15) is 14.4 Å². The summed E-state index contributed by atoms with van der Waals surface area (Å²) in [7, 11) is 1.39. The first-order valence-corrected chi connectivity index (χ1v) is 11.8. The van der Waals surface area contributed by atoms with Crippen LogP contribution in [0.25, 0.3) is 0 Å². The van der Waals surface area contributed by atoms with Crippen molar-refractivity contribution in [2.75, 3.05) is 39.8 Å². The largest absolute Gasteiger partial charge is 0.453 e. The molecule has 3 aromatic rings. The molecule has 0 saturated carbocycles. The third-order valence-electron chi connectivity index (χ3n) is 6.22. The fraction of sp³-hybridized carbons (Fsp3) is 0.333. The van der Waals surface area contributed by atoms with E-state index in [1.165, 1.54) is 12.7 Å². The highest BCUT2D eigenvalue weighted by Gasteiger charge is 2.21. The van der Waals surface area contributed by atoms with E-state index in [0.29, 0.717) is 30.9 Å². The van der Waals surface area contributed by atoms with E-state index in [2.05, 4.69) is 22.0 Å². The highest BCUT2D eigenvalue weighted by atomic mass is 16.5. The molecule has 0 spiro atoms. The summed E-state index contributed by atoms with van der Waals surface area (Å²) in [6, 6.07) is 17.5. The fourth-order valence-electron chi connectivity index (χ4n) is 4.19. The van der Waals surface area contributed by atoms with Gasteiger partial charge >= 0.3 is 6.09 Å². The molecule has 2 heterocycles. The van der Waals surface area contributed by atoms with Gasteiger partial charge in [0.05, 0.1) is 19.9 Å². The summed E-state index contributed by atoms with van der Waals surface area (Å²) in [6.45, 7) is 4.27. The molecule has 4 rings (SSSR count). The van der Waals surface area contributed by atoms with E-state index in [0.717, 1.165) is 31.6 Å². The van der Waals surface area contributed by atoms with Gasteiger partial charge in [-0.15, -0.1) is 0 Å². The summed E-state index contributed by atoms with van der Waals surface area (Å²) in [6.07, 6.45) is 3.56. The summed E-state index contributed by atoms with van der Waals surface area (Å²) >= 11 is 0. The van der Waals surface area contributed by atoms with Crippen LogP contribution in [0, 0.1) is 0 Å². The van der Waals surface area contributed by atoms with E-state index in [-0.39, 0.29) is 24.1 Å². The second kappa shape index (κ2) is 11.6. The topological polar surface area (TPSA) is 84.7 Å². The van der Waals surface area contributed by atoms with Crippen LogP contribution in [0.2, 0.25) is 0 Å². The number of piperazine rings is 1. The van der Waals surface area contributed by atoms with Crippen molar-refractivity contribution >= 4 is 17.7 Å². The number of carbonyl (C=O) groups is 3. The Labute approximate surface area is 205 Å². The predicted molar refractivity (Wildman–Crippen MR) is 132 cm³/mol. The normalized spacial score (nSPS) is 14.0. The van der Waals surface area contributed by atoms with Crippen LogP contribution in [-0.2, 0) is 17.7 Å². The van der Waals surface area contributed by atoms with E-state index in [1.807, 2.05) is 41.0 Å². The van der Waals surface area contributed by atoms with Crippen molar-refractivity contribution in [3.8, 4) is 0 Å². The van der Waals surface area contributed by atoms with Crippen LogP contribution in [0.15, 0.2) is 67.1 Å². The number of hydrogen-bond acceptors (Lipinski definition) is 6. The number of Topliss-reactive ketones (excluding diaryl/α,β-unsaturated/α-hetero) is 2. The number of methoxy groups -OCH3 is 1. The smallest absolute Gasteiger partial charge is 0.409 e. The number of imidazole rings is 1. The molecule has 1 saturated heterocycles. The predicted octanol–water partition coefficient (Wildman–Crippen LogP) is 3.31. The molecular formula is C27H30N4O4. The highest BCUT2D eigenvalue weighted by Crippen LogP contribution is 2.14. The van der Waals surface area contributed by atoms with Gasteiger partial charge in [0.2, 0.25) is 0 Å². The maximum atomic E-state index is 12.8. The molecule has 2 aromatic carbocycles. The van der Waals surface area contributed by atoms with E-state index >= 15 is 0 Å². The first-order valence-electron chi connectivity index (χ1n) is 11.8. The van der Waals surface area contributed by atoms with Gasteiger partial charge in [-0.05, 0) is 23.6 Å². The molecule has 1 fully saturated rings. The van der Waals surface area contributed by atoms with Crippen LogP contribution < -0.4 is 0 Å². The van der Waals surface area contributed by atoms with Crippen LogP contribution in [-0.4, -0.2) is 76.8 Å². The Morgan fingerprint density at radius 3 is 2.37 bits per heavy atom. The second-order valence-corrected chi connectivity index (χ2v) is 8.68. The fourth-order valence-corrected chi connectivity index (χ4v) is 4.19. The summed E-state index contributed by atoms with van der Waals surface area (Å²) < 4.78 is 6.63. The maximum absolute atomic E-state index is 12.8. The highest BCUT2D eigenvalue weighted by molar-refractivity contribution is 6.12. The molecule has 1 aliphatic rings. The van der Waals surface area contributed by atoms with Gasteiger partial charge in [0, 0.05) is 51.0 Å². The minimum absolute atomic E-state index is 0.206. The zero-order valence-corrected chi connectivity index (χ0v) is 19.9. The SMILES string of the molecule is COC(=O)N1CCN(CCn2cnc(C(=O)CC(=O)c3cccc(Cc4ccccc4)c3)c2)CC1. The molecule has 182 valence electrons. The second-order valence-electron chi connectivity index (χ2n) is 8.68. The number of nitrogens with zero attached hydrogens (tertiary/aromatic N) is 4. The van der Waals surface area contributed by atoms with Gasteiger partial charge in [0.1, 0.15) is 5.69 Å². The Hall–Kier alpha value is -3.78. The molecule has 0 aliphatic carbocycles. The third kappa shape index (κ3) is 6.64. The van der Waals surface area contributed by atoms with Gasteiger partial charge in [-0.3, -0.25) is 14.5 Å². The molecule has 0 atom stereocenters. The van der Waals surface area contributed by atoms with Crippen molar-refractivity contribution in [1.82, 2.24) is 19.4 Å². The van der Waals surface area contributed by atoms with E-state index in [4.69, 9.17) is 4.74 Å². The molecule has 8 nitrogen and oxygen atoms in total. The number of rotatable bonds is 9. The van der Waals surface area contributed by atoms with Gasteiger partial charge in [-0.25, -0.2) is 9.78 Å². The van der Waals surface area contributed by atoms with Crippen LogP contribution in [0.4, 0.5) is 4.79 Å². The molecule has 0 unspecified atom stereocenters. The average Bonchev–Trinajstić information content (AvgIpc) is 3.37. The lowest BCUT2D eigenvalue weighted by Gasteiger charge is -2.33. The Morgan fingerprint density at radius 1 is 0.886 bits per heavy atom. The van der Waals surface area contributed by atoms with E-state index in [1.54, 1.807) is 23.5 Å². The quantitative estimate of drug-likeness (QED) is 0.349. The van der Waals surface area contributed by atoms with Crippen molar-refractivity contribution in [3.63, 3.8) is 0 Å². The molecule has 1 aromatic heterocycles. The van der Waals surface area contributed by atoms with Gasteiger partial charge in [0.25, 0.3) is 0 Å². The first-order chi connectivity index (χ1) is 17.0. The molecular weight excluding hydrogens is 444 g/mol. The Kier molecular flexibility index (Phi) is 8.05. The molecule has 1 aliphatic heterocycles. The molecule has 8 heteroatoms. The summed E-state index contributed by atoms with van der Waals surface area (Å²) in [4.78, 5) is 45.2. The number of hydrogen-bond donors (Lipinski definition) is 0. The van der Waals surface area contributed by atoms with Crippen LogP contribution in [0.3, 0.4) is 0 Å². The first kappa shape index (κ1) is 24.3. The Morgan fingerprint density at radius 2 is 1.63 bits per heavy atom. The lowest BCUT2D eigenvalue weighted by molar-refractivity contribution is 0.0888. The minimum atomic E-state index is -0.292. The minimum Gasteiger partial charge on any atom is -0.453 e. The van der Waals surface area contributed by atoms with Gasteiger partial charge in [0.15, 0.2) is 11.6 Å². The zero-order chi connectivity index (χ0) is 24.6. The standard InChI is InChI=1S/C27H30N4O4/c1-35-27(34)31-14-12-29(13-15-31)10-11-30-19-24(28-20-30)26(33)18-25(32)23-9-5-8-22(17-23)16-21-6-3-2-4-7-21/h2-9,17,19-20H,10-16,18H2,1H3. The zero-order valence-electron chi connectivity index (χ0n) is 19.9. The van der Waals surface area contributed by atoms with Gasteiger partial charge in [-0.1, -0.05) is 48.5 Å². The number of ketones is 2. The summed E-state index contributed by atoms with van der Waals surface area (Å²) in [5.74, 6) is -0.489. The molecule has 0 radical (unpaired) electrons. The van der Waals surface area contributed by atoms with Crippen molar-refractivity contribution in [2.24, 2.45) is 0 Å². The number of carbonyl (C=O) groups excluding carboxylic acids is 3. The maximum Gasteiger partial charge on any atom is 0.409 e. The molecule has 0 N–H and O–H groups in total. The van der Waals surface area contributed by atoms with Crippen LogP contribution in [0.1, 0.15) is 38.4 Å². The number of amides is 1.